The van der Waals surface area contributed by atoms with Crippen LogP contribution in [0.5, 0.6) is 0 Å². The molecule has 18 heavy (non-hydrogen) atoms. The molecule has 1 aromatic rings. The quantitative estimate of drug-likeness (QED) is 0.488. The minimum absolute atomic E-state index is 0.383. The number of anilines is 1. The van der Waals surface area contributed by atoms with Gasteiger partial charge < -0.3 is 10.2 Å². The number of nitro groups is 1. The van der Waals surface area contributed by atoms with Crippen molar-refractivity contribution in [3.05, 3.63) is 45.6 Å². The molecule has 1 aromatic heterocycles. The molecule has 6 nitrogen and oxygen atoms in total. The van der Waals surface area contributed by atoms with Crippen molar-refractivity contribution in [3.63, 3.8) is 0 Å². The summed E-state index contributed by atoms with van der Waals surface area (Å²) in [6.07, 6.45) is 3.37. The molecule has 0 aliphatic carbocycles. The molecule has 1 N–H and O–H groups in total. The highest BCUT2D eigenvalue weighted by molar-refractivity contribution is 6.29. The van der Waals surface area contributed by atoms with Gasteiger partial charge in [-0.05, 0) is 18.6 Å². The largest absolute Gasteiger partial charge is 0.366 e. The Morgan fingerprint density at radius 2 is 2.39 bits per heavy atom. The lowest BCUT2D eigenvalue weighted by Crippen LogP contribution is -2.29. The minimum Gasteiger partial charge on any atom is -0.366 e. The molecular formula is C11H15ClN4O2. The highest BCUT2D eigenvalue weighted by atomic mass is 35.5. The van der Waals surface area contributed by atoms with Gasteiger partial charge in [-0.1, -0.05) is 18.5 Å². The molecule has 0 bridgehead atoms. The van der Waals surface area contributed by atoms with Gasteiger partial charge in [-0.15, -0.1) is 0 Å². The normalized spacial score (nSPS) is 11.2. The van der Waals surface area contributed by atoms with Gasteiger partial charge in [0, 0.05) is 13.6 Å². The topological polar surface area (TPSA) is 71.3 Å². The molecule has 0 fully saturated rings. The summed E-state index contributed by atoms with van der Waals surface area (Å²) in [6.45, 7) is 2.64. The summed E-state index contributed by atoms with van der Waals surface area (Å²) in [5.41, 5.74) is 0.719. The van der Waals surface area contributed by atoms with Gasteiger partial charge in [0.25, 0.3) is 6.20 Å². The third-order valence-electron chi connectivity index (χ3n) is 2.24. The van der Waals surface area contributed by atoms with E-state index < -0.39 is 4.92 Å². The highest BCUT2D eigenvalue weighted by Crippen LogP contribution is 2.16. The van der Waals surface area contributed by atoms with E-state index in [1.807, 2.05) is 6.92 Å². The molecule has 0 aromatic carbocycles. The first-order chi connectivity index (χ1) is 8.54. The van der Waals surface area contributed by atoms with Crippen molar-refractivity contribution in [1.29, 1.82) is 0 Å². The van der Waals surface area contributed by atoms with Crippen molar-refractivity contribution in [2.45, 2.75) is 13.3 Å². The third kappa shape index (κ3) is 4.21. The van der Waals surface area contributed by atoms with Gasteiger partial charge >= 0.3 is 0 Å². The van der Waals surface area contributed by atoms with Gasteiger partial charge in [0.1, 0.15) is 5.15 Å². The summed E-state index contributed by atoms with van der Waals surface area (Å²) in [7, 11) is 1.73. The Labute approximate surface area is 110 Å². The monoisotopic (exact) mass is 270 g/mol. The molecular weight excluding hydrogens is 256 g/mol. The summed E-state index contributed by atoms with van der Waals surface area (Å²) >= 11 is 5.70. The molecule has 7 heteroatoms. The van der Waals surface area contributed by atoms with Crippen LogP contribution in [0.4, 0.5) is 5.69 Å². The van der Waals surface area contributed by atoms with Gasteiger partial charge in [0.2, 0.25) is 0 Å². The van der Waals surface area contributed by atoms with Crippen molar-refractivity contribution < 1.29 is 4.92 Å². The summed E-state index contributed by atoms with van der Waals surface area (Å²) in [5.74, 6) is 0.408. The van der Waals surface area contributed by atoms with E-state index in [2.05, 4.69) is 10.3 Å². The number of hydrogen-bond acceptors (Lipinski definition) is 5. The number of rotatable bonds is 6. The lowest BCUT2D eigenvalue weighted by molar-refractivity contribution is -0.403. The molecule has 0 aliphatic rings. The van der Waals surface area contributed by atoms with Crippen molar-refractivity contribution in [2.75, 3.05) is 18.5 Å². The van der Waals surface area contributed by atoms with Crippen LogP contribution in [0.25, 0.3) is 0 Å². The molecule has 1 rings (SSSR count). The van der Waals surface area contributed by atoms with Crippen molar-refractivity contribution in [2.24, 2.45) is 0 Å². The minimum atomic E-state index is -0.488. The fourth-order valence-electron chi connectivity index (χ4n) is 1.31. The molecule has 0 radical (unpaired) electrons. The molecule has 0 atom stereocenters. The molecule has 0 spiro atoms. The van der Waals surface area contributed by atoms with E-state index in [1.54, 1.807) is 30.3 Å². The number of hydrogen-bond donors (Lipinski definition) is 1. The van der Waals surface area contributed by atoms with Crippen LogP contribution < -0.4 is 10.2 Å². The molecule has 0 saturated heterocycles. The third-order valence-corrected chi connectivity index (χ3v) is 2.47. The fourth-order valence-corrected chi connectivity index (χ4v) is 1.42. The van der Waals surface area contributed by atoms with Gasteiger partial charge in [-0.25, -0.2) is 4.98 Å². The Balaban J connectivity index is 2.90. The Bertz CT molecular complexity index is 433. The molecule has 98 valence electrons. The second-order valence-electron chi connectivity index (χ2n) is 3.62. The van der Waals surface area contributed by atoms with Gasteiger partial charge in [-0.3, -0.25) is 10.1 Å². The van der Waals surface area contributed by atoms with E-state index in [4.69, 9.17) is 11.6 Å². The summed E-state index contributed by atoms with van der Waals surface area (Å²) in [5, 5.41) is 14.0. The second-order valence-corrected chi connectivity index (χ2v) is 4.01. The second kappa shape index (κ2) is 6.80. The van der Waals surface area contributed by atoms with Crippen LogP contribution in [0.3, 0.4) is 0 Å². The lowest BCUT2D eigenvalue weighted by atomic mass is 10.4. The van der Waals surface area contributed by atoms with E-state index in [0.29, 0.717) is 17.5 Å². The maximum Gasteiger partial charge on any atom is 0.274 e. The SMILES string of the molecule is CCCN/C(=C\[N+](=O)[O-])N(C)c1ccc(Cl)nc1. The van der Waals surface area contributed by atoms with Gasteiger partial charge in [0.15, 0.2) is 5.82 Å². The lowest BCUT2D eigenvalue weighted by Gasteiger charge is -2.21. The van der Waals surface area contributed by atoms with Crippen LogP contribution in [-0.4, -0.2) is 23.5 Å². The first kappa shape index (κ1) is 14.2. The number of aromatic nitrogens is 1. The van der Waals surface area contributed by atoms with E-state index in [9.17, 15) is 10.1 Å². The van der Waals surface area contributed by atoms with Crippen LogP contribution in [0.15, 0.2) is 30.4 Å². The van der Waals surface area contributed by atoms with E-state index in [1.165, 1.54) is 0 Å². The average molecular weight is 271 g/mol. The molecule has 0 saturated carbocycles. The first-order valence-corrected chi connectivity index (χ1v) is 5.87. The Hall–Kier alpha value is -1.82. The van der Waals surface area contributed by atoms with Crippen LogP contribution in [0.2, 0.25) is 5.15 Å². The predicted octanol–water partition coefficient (Wildman–Crippen LogP) is 2.25. The first-order valence-electron chi connectivity index (χ1n) is 5.49. The number of pyridine rings is 1. The zero-order valence-corrected chi connectivity index (χ0v) is 11.0. The van der Waals surface area contributed by atoms with E-state index in [0.717, 1.165) is 18.3 Å². The number of halogens is 1. The predicted molar refractivity (Wildman–Crippen MR) is 71.0 cm³/mol. The number of nitrogens with zero attached hydrogens (tertiary/aromatic N) is 3. The maximum absolute atomic E-state index is 10.6. The standard InChI is InChI=1S/C11H15ClN4O2/c1-3-6-13-11(8-16(17)18)15(2)9-4-5-10(12)14-7-9/h4-5,7-8,13H,3,6H2,1-2H3/b11-8+. The zero-order valence-electron chi connectivity index (χ0n) is 10.3. The van der Waals surface area contributed by atoms with E-state index >= 15 is 0 Å². The molecule has 0 aliphatic heterocycles. The van der Waals surface area contributed by atoms with Gasteiger partial charge in [-0.2, -0.15) is 0 Å². The van der Waals surface area contributed by atoms with Crippen molar-refractivity contribution in [1.82, 2.24) is 10.3 Å². The maximum atomic E-state index is 10.6. The fraction of sp³-hybridized carbons (Fsp3) is 0.364. The Kier molecular flexibility index (Phi) is 5.38. The average Bonchev–Trinajstić information content (AvgIpc) is 2.34. The van der Waals surface area contributed by atoms with E-state index in [-0.39, 0.29) is 0 Å². The van der Waals surface area contributed by atoms with Gasteiger partial charge in [0.05, 0.1) is 16.8 Å². The van der Waals surface area contributed by atoms with Crippen molar-refractivity contribution >= 4 is 17.3 Å². The number of nitrogens with one attached hydrogen (secondary N) is 1. The van der Waals surface area contributed by atoms with Crippen LogP contribution in [0.1, 0.15) is 13.3 Å². The Morgan fingerprint density at radius 1 is 1.67 bits per heavy atom. The summed E-state index contributed by atoms with van der Waals surface area (Å²) in [6, 6.07) is 3.38. The summed E-state index contributed by atoms with van der Waals surface area (Å²) < 4.78 is 0. The Morgan fingerprint density at radius 3 is 2.89 bits per heavy atom. The zero-order chi connectivity index (χ0) is 13.5. The van der Waals surface area contributed by atoms with Crippen LogP contribution in [0, 0.1) is 10.1 Å². The molecule has 1 heterocycles. The smallest absolute Gasteiger partial charge is 0.274 e. The van der Waals surface area contributed by atoms with Crippen molar-refractivity contribution in [3.8, 4) is 0 Å². The molecule has 0 unspecified atom stereocenters. The molecule has 0 amide bonds. The highest BCUT2D eigenvalue weighted by Gasteiger charge is 2.11. The van der Waals surface area contributed by atoms with Crippen LogP contribution in [-0.2, 0) is 0 Å². The van der Waals surface area contributed by atoms with Crippen LogP contribution >= 0.6 is 11.6 Å². The summed E-state index contributed by atoms with van der Waals surface area (Å²) in [4.78, 5) is 15.7.